The van der Waals surface area contributed by atoms with Crippen molar-refractivity contribution in [2.24, 2.45) is 0 Å². The van der Waals surface area contributed by atoms with Gasteiger partial charge in [-0.3, -0.25) is 14.6 Å². The van der Waals surface area contributed by atoms with E-state index in [1.165, 1.54) is 18.5 Å². The van der Waals surface area contributed by atoms with Gasteiger partial charge in [0.1, 0.15) is 6.26 Å². The maximum Gasteiger partial charge on any atom is 0.124 e. The second kappa shape index (κ2) is 6.01. The van der Waals surface area contributed by atoms with Crippen LogP contribution >= 0.6 is 0 Å². The first-order valence-corrected chi connectivity index (χ1v) is 9.84. The van der Waals surface area contributed by atoms with Crippen LogP contribution < -0.4 is 0 Å². The minimum atomic E-state index is 0.208. The predicted molar refractivity (Wildman–Crippen MR) is 106 cm³/mol. The Labute approximate surface area is 162 Å². The predicted octanol–water partition coefficient (Wildman–Crippen LogP) is 3.63. The first-order chi connectivity index (χ1) is 13.8. The highest BCUT2D eigenvalue weighted by atomic mass is 16.5. The first-order valence-electron chi connectivity index (χ1n) is 9.84. The lowest BCUT2D eigenvalue weighted by Crippen LogP contribution is -2.28. The van der Waals surface area contributed by atoms with Crippen LogP contribution in [0.25, 0.3) is 22.2 Å². The molecule has 0 aliphatic carbocycles. The molecule has 2 aliphatic heterocycles. The lowest BCUT2D eigenvalue weighted by molar-refractivity contribution is 0.290. The number of aryl methyl sites for hydroxylation is 1. The molecular formula is C22H21N5O. The largest absolute Gasteiger partial charge is 0.364 e. The second-order valence-electron chi connectivity index (χ2n) is 8.04. The van der Waals surface area contributed by atoms with Crippen LogP contribution in [0.15, 0.2) is 59.4 Å². The van der Waals surface area contributed by atoms with Crippen LogP contribution in [0.5, 0.6) is 0 Å². The minimum absolute atomic E-state index is 0.208. The number of hydrogen-bond donors (Lipinski definition) is 0. The molecule has 2 aliphatic rings. The van der Waals surface area contributed by atoms with Crippen molar-refractivity contribution in [3.05, 3.63) is 66.3 Å². The Morgan fingerprint density at radius 1 is 1.07 bits per heavy atom. The normalized spacial score (nSPS) is 21.7. The van der Waals surface area contributed by atoms with E-state index in [0.29, 0.717) is 0 Å². The second-order valence-corrected chi connectivity index (χ2v) is 8.04. The zero-order chi connectivity index (χ0) is 18.6. The van der Waals surface area contributed by atoms with E-state index in [9.17, 15) is 0 Å². The van der Waals surface area contributed by atoms with Crippen molar-refractivity contribution in [2.75, 3.05) is 13.1 Å². The molecule has 140 valence electrons. The quantitative estimate of drug-likeness (QED) is 0.550. The zero-order valence-electron chi connectivity index (χ0n) is 15.6. The molecule has 5 heterocycles. The summed E-state index contributed by atoms with van der Waals surface area (Å²) in [5.74, 6) is 0. The van der Waals surface area contributed by atoms with Crippen molar-refractivity contribution < 1.29 is 4.52 Å². The summed E-state index contributed by atoms with van der Waals surface area (Å²) in [5.41, 5.74) is 5.73. The summed E-state index contributed by atoms with van der Waals surface area (Å²) < 4.78 is 7.20. The van der Waals surface area contributed by atoms with Crippen molar-refractivity contribution in [2.45, 2.75) is 31.3 Å². The molecule has 28 heavy (non-hydrogen) atoms. The molecule has 4 aromatic rings. The molecule has 0 bridgehead atoms. The molecule has 6 heteroatoms. The van der Waals surface area contributed by atoms with Gasteiger partial charge in [0.15, 0.2) is 0 Å². The molecular weight excluding hydrogens is 350 g/mol. The summed E-state index contributed by atoms with van der Waals surface area (Å²) in [6, 6.07) is 14.7. The summed E-state index contributed by atoms with van der Waals surface area (Å²) in [6.45, 7) is 3.99. The van der Waals surface area contributed by atoms with Gasteiger partial charge in [0.05, 0.1) is 16.9 Å². The van der Waals surface area contributed by atoms with Crippen molar-refractivity contribution in [1.29, 1.82) is 0 Å². The molecule has 0 saturated carbocycles. The van der Waals surface area contributed by atoms with Gasteiger partial charge in [0.2, 0.25) is 0 Å². The van der Waals surface area contributed by atoms with E-state index in [1.807, 2.05) is 24.4 Å². The van der Waals surface area contributed by atoms with Crippen molar-refractivity contribution in [3.63, 3.8) is 0 Å². The molecule has 0 radical (unpaired) electrons. The monoisotopic (exact) mass is 371 g/mol. The number of aromatic nitrogens is 4. The zero-order valence-corrected chi connectivity index (χ0v) is 15.6. The SMILES string of the molecule is c1ccc2ncc(-c3cc4n(n3)CCC43CCN(Cc4ccon4)C3)cc2c1. The smallest absolute Gasteiger partial charge is 0.124 e. The van der Waals surface area contributed by atoms with E-state index in [0.717, 1.165) is 54.0 Å². The molecule has 3 aromatic heterocycles. The Kier molecular flexibility index (Phi) is 3.43. The number of fused-ring (bicyclic) bond motifs is 3. The molecule has 1 aromatic carbocycles. The summed E-state index contributed by atoms with van der Waals surface area (Å²) in [5, 5.41) is 10.1. The highest BCUT2D eigenvalue weighted by Gasteiger charge is 2.45. The van der Waals surface area contributed by atoms with Crippen LogP contribution in [0, 0.1) is 0 Å². The number of benzene rings is 1. The lowest BCUT2D eigenvalue weighted by Gasteiger charge is -2.23. The van der Waals surface area contributed by atoms with Gasteiger partial charge >= 0.3 is 0 Å². The summed E-state index contributed by atoms with van der Waals surface area (Å²) >= 11 is 0. The maximum absolute atomic E-state index is 4.98. The molecule has 1 saturated heterocycles. The Hall–Kier alpha value is -2.99. The number of likely N-dealkylation sites (tertiary alicyclic amines) is 1. The van der Waals surface area contributed by atoms with E-state index < -0.39 is 0 Å². The van der Waals surface area contributed by atoms with E-state index in [1.54, 1.807) is 6.26 Å². The van der Waals surface area contributed by atoms with Crippen molar-refractivity contribution >= 4 is 10.9 Å². The molecule has 6 rings (SSSR count). The molecule has 6 nitrogen and oxygen atoms in total. The van der Waals surface area contributed by atoms with Gasteiger partial charge in [-0.2, -0.15) is 5.10 Å². The summed E-state index contributed by atoms with van der Waals surface area (Å²) in [4.78, 5) is 7.09. The molecule has 1 spiro atoms. The van der Waals surface area contributed by atoms with Gasteiger partial charge in [0, 0.05) is 54.0 Å². The van der Waals surface area contributed by atoms with E-state index >= 15 is 0 Å². The highest BCUT2D eigenvalue weighted by molar-refractivity contribution is 5.82. The van der Waals surface area contributed by atoms with E-state index in [2.05, 4.69) is 44.0 Å². The Morgan fingerprint density at radius 3 is 2.93 bits per heavy atom. The van der Waals surface area contributed by atoms with Crippen LogP contribution in [-0.4, -0.2) is 37.9 Å². The number of pyridine rings is 1. The molecule has 1 atom stereocenters. The number of nitrogens with zero attached hydrogens (tertiary/aromatic N) is 5. The average molecular weight is 371 g/mol. The topological polar surface area (TPSA) is 60.0 Å². The third kappa shape index (κ3) is 2.48. The van der Waals surface area contributed by atoms with Crippen LogP contribution in [0.2, 0.25) is 0 Å². The van der Waals surface area contributed by atoms with E-state index in [4.69, 9.17) is 9.62 Å². The average Bonchev–Trinajstić information content (AvgIpc) is 3.50. The number of hydrogen-bond acceptors (Lipinski definition) is 5. The lowest BCUT2D eigenvalue weighted by atomic mass is 9.82. The first kappa shape index (κ1) is 16.0. The Morgan fingerprint density at radius 2 is 2.00 bits per heavy atom. The van der Waals surface area contributed by atoms with Crippen LogP contribution in [0.1, 0.15) is 24.2 Å². The highest BCUT2D eigenvalue weighted by Crippen LogP contribution is 2.44. The van der Waals surface area contributed by atoms with Crippen molar-refractivity contribution in [1.82, 2.24) is 24.8 Å². The van der Waals surface area contributed by atoms with E-state index in [-0.39, 0.29) is 5.41 Å². The summed E-state index contributed by atoms with van der Waals surface area (Å²) in [6.07, 6.45) is 5.93. The number of rotatable bonds is 3. The fourth-order valence-corrected chi connectivity index (χ4v) is 4.87. The third-order valence-electron chi connectivity index (χ3n) is 6.32. The van der Waals surface area contributed by atoms with Gasteiger partial charge in [-0.05, 0) is 37.6 Å². The van der Waals surface area contributed by atoms with Crippen LogP contribution in [-0.2, 0) is 18.5 Å². The van der Waals surface area contributed by atoms with Gasteiger partial charge in [-0.15, -0.1) is 0 Å². The molecule has 0 amide bonds. The van der Waals surface area contributed by atoms with Gasteiger partial charge in [0.25, 0.3) is 0 Å². The van der Waals surface area contributed by atoms with Gasteiger partial charge in [-0.1, -0.05) is 23.4 Å². The fourth-order valence-electron chi connectivity index (χ4n) is 4.87. The standard InChI is InChI=1S/C22H21N5O/c1-2-4-19-16(3-1)11-17(13-23-19)20-12-21-22(7-9-27(21)24-20)6-8-26(15-22)14-18-5-10-28-25-18/h1-5,10-13H,6-9,14-15H2. The van der Waals surface area contributed by atoms with Gasteiger partial charge < -0.3 is 4.52 Å². The maximum atomic E-state index is 4.98. The van der Waals surface area contributed by atoms with Crippen molar-refractivity contribution in [3.8, 4) is 11.3 Å². The third-order valence-corrected chi connectivity index (χ3v) is 6.32. The van der Waals surface area contributed by atoms with Crippen LogP contribution in [0.3, 0.4) is 0 Å². The number of para-hydroxylation sites is 1. The Bertz CT molecular complexity index is 1150. The molecule has 1 unspecified atom stereocenters. The minimum Gasteiger partial charge on any atom is -0.364 e. The molecule has 0 N–H and O–H groups in total. The fraction of sp³-hybridized carbons (Fsp3) is 0.318. The Balaban J connectivity index is 1.30. The van der Waals surface area contributed by atoms with Gasteiger partial charge in [-0.25, -0.2) is 0 Å². The molecule has 1 fully saturated rings. The summed E-state index contributed by atoms with van der Waals surface area (Å²) in [7, 11) is 0. The van der Waals surface area contributed by atoms with Crippen LogP contribution in [0.4, 0.5) is 0 Å².